The Labute approximate surface area is 179 Å². The molecule has 0 aliphatic heterocycles. The summed E-state index contributed by atoms with van der Waals surface area (Å²) in [6.07, 6.45) is -1.07. The summed E-state index contributed by atoms with van der Waals surface area (Å²) in [5.41, 5.74) is 7.55. The summed E-state index contributed by atoms with van der Waals surface area (Å²) in [5.74, 6) is 1.64. The van der Waals surface area contributed by atoms with Crippen LogP contribution in [0.3, 0.4) is 0 Å². The molecule has 0 spiro atoms. The summed E-state index contributed by atoms with van der Waals surface area (Å²) in [6, 6.07) is 8.78. The van der Waals surface area contributed by atoms with Gasteiger partial charge in [0.25, 0.3) is 6.43 Å². The fourth-order valence-electron chi connectivity index (χ4n) is 2.19. The molecule has 2 rings (SSSR count). The fraction of sp³-hybridized carbons (Fsp3) is 0.333. The zero-order valence-corrected chi connectivity index (χ0v) is 17.9. The van der Waals surface area contributed by atoms with E-state index < -0.39 is 13.0 Å². The lowest BCUT2D eigenvalue weighted by molar-refractivity contribution is 0.0795. The Morgan fingerprint density at radius 1 is 1.14 bits per heavy atom. The molecule has 1 aromatic carbocycles. The number of hydrogen-bond acceptors (Lipinski definition) is 5. The van der Waals surface area contributed by atoms with Gasteiger partial charge in [-0.1, -0.05) is 6.07 Å². The second-order valence-corrected chi connectivity index (χ2v) is 5.45. The molecule has 28 heavy (non-hydrogen) atoms. The highest BCUT2D eigenvalue weighted by molar-refractivity contribution is 14.0. The van der Waals surface area contributed by atoms with E-state index in [4.69, 9.17) is 19.9 Å². The maximum atomic E-state index is 12.2. The van der Waals surface area contributed by atoms with E-state index >= 15 is 0 Å². The number of aliphatic imine (C=N–C) groups is 1. The summed E-state index contributed by atoms with van der Waals surface area (Å²) in [4.78, 5) is 8.14. The van der Waals surface area contributed by atoms with Crippen LogP contribution in [0.2, 0.25) is 0 Å². The highest BCUT2D eigenvalue weighted by atomic mass is 127. The molecule has 1 aromatic heterocycles. The molecule has 1 heterocycles. The first-order valence-corrected chi connectivity index (χ1v) is 8.12. The summed E-state index contributed by atoms with van der Waals surface area (Å²) in [6.45, 7) is 0.0198. The summed E-state index contributed by atoms with van der Waals surface area (Å²) in [7, 11) is 3.13. The van der Waals surface area contributed by atoms with Crippen molar-refractivity contribution in [1.82, 2.24) is 10.3 Å². The van der Waals surface area contributed by atoms with E-state index in [1.54, 1.807) is 32.4 Å². The van der Waals surface area contributed by atoms with Gasteiger partial charge in [-0.15, -0.1) is 24.0 Å². The van der Waals surface area contributed by atoms with Gasteiger partial charge >= 0.3 is 0 Å². The molecule has 0 saturated carbocycles. The maximum absolute atomic E-state index is 12.2. The van der Waals surface area contributed by atoms with Gasteiger partial charge in [0.05, 0.1) is 20.8 Å². The molecule has 154 valence electrons. The Morgan fingerprint density at radius 3 is 2.57 bits per heavy atom. The smallest absolute Gasteiger partial charge is 0.272 e. The van der Waals surface area contributed by atoms with Crippen LogP contribution in [0.1, 0.15) is 11.1 Å². The van der Waals surface area contributed by atoms with Crippen LogP contribution in [0, 0.1) is 0 Å². The number of ether oxygens (including phenoxy) is 3. The molecule has 0 fully saturated rings. The van der Waals surface area contributed by atoms with Crippen LogP contribution in [0.25, 0.3) is 0 Å². The van der Waals surface area contributed by atoms with Crippen molar-refractivity contribution in [2.75, 3.05) is 20.8 Å². The first-order chi connectivity index (χ1) is 13.0. The number of benzene rings is 1. The first kappa shape index (κ1) is 23.7. The molecule has 0 bridgehead atoms. The molecule has 0 unspecified atom stereocenters. The Morgan fingerprint density at radius 2 is 1.89 bits per heavy atom. The van der Waals surface area contributed by atoms with Crippen LogP contribution in [0.5, 0.6) is 17.4 Å². The van der Waals surface area contributed by atoms with E-state index in [-0.39, 0.29) is 35.8 Å². The lowest BCUT2D eigenvalue weighted by Crippen LogP contribution is -2.31. The zero-order valence-electron chi connectivity index (χ0n) is 15.5. The molecule has 2 aromatic rings. The molecule has 0 saturated heterocycles. The largest absolute Gasteiger partial charge is 0.493 e. The molecule has 10 heteroatoms. The van der Waals surface area contributed by atoms with Gasteiger partial charge < -0.3 is 25.3 Å². The number of nitrogens with one attached hydrogen (secondary N) is 1. The van der Waals surface area contributed by atoms with E-state index in [1.165, 1.54) is 6.20 Å². The summed E-state index contributed by atoms with van der Waals surface area (Å²) in [5, 5.41) is 2.95. The van der Waals surface area contributed by atoms with Crippen molar-refractivity contribution in [2.45, 2.75) is 19.5 Å². The van der Waals surface area contributed by atoms with Crippen LogP contribution in [-0.2, 0) is 13.1 Å². The average molecular weight is 508 g/mol. The Bertz CT molecular complexity index is 778. The van der Waals surface area contributed by atoms with Gasteiger partial charge in [-0.25, -0.2) is 18.8 Å². The third-order valence-electron chi connectivity index (χ3n) is 3.51. The molecule has 0 aliphatic rings. The quantitative estimate of drug-likeness (QED) is 0.308. The van der Waals surface area contributed by atoms with Crippen LogP contribution in [0.15, 0.2) is 41.5 Å². The van der Waals surface area contributed by atoms with Gasteiger partial charge in [-0.05, 0) is 29.3 Å². The van der Waals surface area contributed by atoms with Crippen LogP contribution < -0.4 is 25.3 Å². The van der Waals surface area contributed by atoms with E-state index in [0.29, 0.717) is 24.6 Å². The average Bonchev–Trinajstić information content (AvgIpc) is 2.69. The predicted octanol–water partition coefficient (Wildman–Crippen LogP) is 2.97. The number of alkyl halides is 2. The maximum Gasteiger partial charge on any atom is 0.272 e. The standard InChI is InChI=1S/C18H22F2N4O3.HI/c1-25-14-4-3-12(7-15(14)26-2)9-23-18(21)24-10-13-5-6-22-17(8-13)27-11-16(19)20;/h3-8,16H,9-11H2,1-2H3,(H3,21,23,24);1H. The SMILES string of the molecule is COc1ccc(CN=C(N)NCc2ccnc(OCC(F)F)c2)cc1OC.I. The van der Waals surface area contributed by atoms with Crippen molar-refractivity contribution in [3.05, 3.63) is 47.7 Å². The Balaban J connectivity index is 0.00000392. The third-order valence-corrected chi connectivity index (χ3v) is 3.51. The van der Waals surface area contributed by atoms with Crippen molar-refractivity contribution >= 4 is 29.9 Å². The van der Waals surface area contributed by atoms with Crippen molar-refractivity contribution in [3.8, 4) is 17.4 Å². The number of pyridine rings is 1. The van der Waals surface area contributed by atoms with E-state index in [0.717, 1.165) is 11.1 Å². The molecule has 3 N–H and O–H groups in total. The van der Waals surface area contributed by atoms with Crippen molar-refractivity contribution in [2.24, 2.45) is 10.7 Å². The minimum Gasteiger partial charge on any atom is -0.493 e. The van der Waals surface area contributed by atoms with Crippen molar-refractivity contribution < 1.29 is 23.0 Å². The number of hydrogen-bond donors (Lipinski definition) is 2. The van der Waals surface area contributed by atoms with Crippen LogP contribution >= 0.6 is 24.0 Å². The van der Waals surface area contributed by atoms with Gasteiger partial charge in [-0.2, -0.15) is 0 Å². The number of aromatic nitrogens is 1. The number of rotatable bonds is 9. The minimum absolute atomic E-state index is 0. The lowest BCUT2D eigenvalue weighted by Gasteiger charge is -2.10. The highest BCUT2D eigenvalue weighted by Gasteiger charge is 2.06. The monoisotopic (exact) mass is 508 g/mol. The number of nitrogens with two attached hydrogens (primary N) is 1. The Hall–Kier alpha value is -2.37. The Kier molecular flexibility index (Phi) is 10.3. The highest BCUT2D eigenvalue weighted by Crippen LogP contribution is 2.27. The predicted molar refractivity (Wildman–Crippen MR) is 113 cm³/mol. The molecule has 7 nitrogen and oxygen atoms in total. The molecular weight excluding hydrogens is 485 g/mol. The van der Waals surface area contributed by atoms with Gasteiger partial charge in [0.1, 0.15) is 0 Å². The second kappa shape index (κ2) is 12.2. The lowest BCUT2D eigenvalue weighted by atomic mass is 10.2. The van der Waals surface area contributed by atoms with Crippen LogP contribution in [0.4, 0.5) is 8.78 Å². The van der Waals surface area contributed by atoms with Crippen molar-refractivity contribution in [1.29, 1.82) is 0 Å². The van der Waals surface area contributed by atoms with Crippen molar-refractivity contribution in [3.63, 3.8) is 0 Å². The van der Waals surface area contributed by atoms with Crippen LogP contribution in [-0.4, -0.2) is 38.2 Å². The second-order valence-electron chi connectivity index (χ2n) is 5.45. The summed E-state index contributed by atoms with van der Waals surface area (Å²) >= 11 is 0. The van der Waals surface area contributed by atoms with Gasteiger partial charge in [-0.3, -0.25) is 0 Å². The summed E-state index contributed by atoms with van der Waals surface area (Å²) < 4.78 is 39.7. The minimum atomic E-state index is -2.55. The molecule has 0 radical (unpaired) electrons. The normalized spacial score (nSPS) is 11.0. The number of halogens is 3. The molecule has 0 amide bonds. The first-order valence-electron chi connectivity index (χ1n) is 8.12. The fourth-order valence-corrected chi connectivity index (χ4v) is 2.19. The third kappa shape index (κ3) is 7.71. The number of nitrogens with zero attached hydrogens (tertiary/aromatic N) is 2. The number of guanidine groups is 1. The number of methoxy groups -OCH3 is 2. The molecular formula is C18H23F2IN4O3. The van der Waals surface area contributed by atoms with Gasteiger partial charge in [0.2, 0.25) is 5.88 Å². The zero-order chi connectivity index (χ0) is 19.6. The van der Waals surface area contributed by atoms with Gasteiger partial charge in [0.15, 0.2) is 24.1 Å². The molecule has 0 aliphatic carbocycles. The topological polar surface area (TPSA) is 91.0 Å². The van der Waals surface area contributed by atoms with E-state index in [2.05, 4.69) is 15.3 Å². The van der Waals surface area contributed by atoms with E-state index in [1.807, 2.05) is 12.1 Å². The van der Waals surface area contributed by atoms with E-state index in [9.17, 15) is 8.78 Å². The molecule has 0 atom stereocenters. The van der Waals surface area contributed by atoms with Gasteiger partial charge in [0, 0.05) is 18.8 Å².